The summed E-state index contributed by atoms with van der Waals surface area (Å²) >= 11 is 0. The van der Waals surface area contributed by atoms with Gasteiger partial charge in [0.1, 0.15) is 5.78 Å². The number of carbonyl (C=O) groups is 1. The monoisotopic (exact) mass is 351 g/mol. The average molecular weight is 352 g/mol. The number of nitrogens with zero attached hydrogens (tertiary/aromatic N) is 1. The summed E-state index contributed by atoms with van der Waals surface area (Å²) in [5, 5.41) is 0. The molecule has 0 aromatic heterocycles. The first kappa shape index (κ1) is 22.7. The van der Waals surface area contributed by atoms with Crippen molar-refractivity contribution >= 4 is 5.78 Å². The molecular formula is C23H45NO. The van der Waals surface area contributed by atoms with Crippen LogP contribution in [0, 0.1) is 22.2 Å². The van der Waals surface area contributed by atoms with Crippen LogP contribution in [0.5, 0.6) is 0 Å². The van der Waals surface area contributed by atoms with Crippen molar-refractivity contribution in [1.82, 2.24) is 4.90 Å². The van der Waals surface area contributed by atoms with E-state index in [1.807, 2.05) is 6.92 Å². The summed E-state index contributed by atoms with van der Waals surface area (Å²) in [4.78, 5) is 15.4. The van der Waals surface area contributed by atoms with Crippen LogP contribution in [-0.4, -0.2) is 29.8 Å². The Morgan fingerprint density at radius 3 is 1.92 bits per heavy atom. The molecule has 0 aromatic rings. The minimum atomic E-state index is 0.0722. The van der Waals surface area contributed by atoms with Crippen molar-refractivity contribution in [2.75, 3.05) is 13.6 Å². The molecule has 2 nitrogen and oxygen atoms in total. The number of hydrogen-bond donors (Lipinski definition) is 0. The van der Waals surface area contributed by atoms with Crippen molar-refractivity contribution < 1.29 is 4.79 Å². The first-order chi connectivity index (χ1) is 11.3. The molecular weight excluding hydrogens is 306 g/mol. The molecule has 1 aliphatic rings. The van der Waals surface area contributed by atoms with Gasteiger partial charge in [0.05, 0.1) is 0 Å². The zero-order chi connectivity index (χ0) is 19.7. The molecule has 1 saturated heterocycles. The molecule has 1 fully saturated rings. The van der Waals surface area contributed by atoms with Gasteiger partial charge in [-0.15, -0.1) is 0 Å². The van der Waals surface area contributed by atoms with Gasteiger partial charge in [-0.1, -0.05) is 54.9 Å². The summed E-state index contributed by atoms with van der Waals surface area (Å²) in [5.41, 5.74) is 0.715. The lowest BCUT2D eigenvalue weighted by atomic mass is 9.58. The topological polar surface area (TPSA) is 20.3 Å². The van der Waals surface area contributed by atoms with Crippen LogP contribution >= 0.6 is 0 Å². The normalized spacial score (nSPS) is 40.6. The predicted octanol–water partition coefficient (Wildman–Crippen LogP) is 6.33. The molecule has 0 aromatic carbocycles. The quantitative estimate of drug-likeness (QED) is 0.589. The second-order valence-corrected chi connectivity index (χ2v) is 10.8. The summed E-state index contributed by atoms with van der Waals surface area (Å²) in [6.07, 6.45) is 6.67. The van der Waals surface area contributed by atoms with Gasteiger partial charge in [-0.3, -0.25) is 4.79 Å². The third kappa shape index (κ3) is 5.08. The zero-order valence-corrected chi connectivity index (χ0v) is 18.9. The summed E-state index contributed by atoms with van der Waals surface area (Å²) in [5.74, 6) is 0.555. The van der Waals surface area contributed by atoms with Gasteiger partial charge >= 0.3 is 0 Å². The van der Waals surface area contributed by atoms with Gasteiger partial charge < -0.3 is 4.90 Å². The van der Waals surface area contributed by atoms with Crippen molar-refractivity contribution in [1.29, 1.82) is 0 Å². The maximum Gasteiger partial charge on any atom is 0.133 e. The number of rotatable bonds is 4. The SMILES string of the molecule is CC[C@]1(C)CC(C(C)=O)[C@](C)(CC)C[C@](C)(CC)N(C)CC(C)(C)C1. The Morgan fingerprint density at radius 2 is 1.52 bits per heavy atom. The summed E-state index contributed by atoms with van der Waals surface area (Å²) in [6.45, 7) is 21.9. The van der Waals surface area contributed by atoms with Crippen LogP contribution in [0.3, 0.4) is 0 Å². The van der Waals surface area contributed by atoms with Gasteiger partial charge in [-0.25, -0.2) is 0 Å². The van der Waals surface area contributed by atoms with E-state index in [1.54, 1.807) is 0 Å². The second-order valence-electron chi connectivity index (χ2n) is 10.8. The maximum absolute atomic E-state index is 12.8. The van der Waals surface area contributed by atoms with E-state index in [1.165, 1.54) is 6.42 Å². The third-order valence-electron chi connectivity index (χ3n) is 7.73. The molecule has 1 heterocycles. The second kappa shape index (κ2) is 7.71. The van der Waals surface area contributed by atoms with Gasteiger partial charge in [0.25, 0.3) is 0 Å². The van der Waals surface area contributed by atoms with Crippen molar-refractivity contribution in [3.05, 3.63) is 0 Å². The van der Waals surface area contributed by atoms with Crippen molar-refractivity contribution in [2.24, 2.45) is 22.2 Å². The molecule has 25 heavy (non-hydrogen) atoms. The lowest BCUT2D eigenvalue weighted by Gasteiger charge is -2.53. The summed E-state index contributed by atoms with van der Waals surface area (Å²) in [6, 6.07) is 0. The fourth-order valence-electron chi connectivity index (χ4n) is 5.65. The highest BCUT2D eigenvalue weighted by atomic mass is 16.1. The lowest BCUT2D eigenvalue weighted by Crippen LogP contribution is -2.53. The highest BCUT2D eigenvalue weighted by molar-refractivity contribution is 5.79. The first-order valence-electron chi connectivity index (χ1n) is 10.5. The maximum atomic E-state index is 12.8. The van der Waals surface area contributed by atoms with E-state index in [4.69, 9.17) is 0 Å². The first-order valence-corrected chi connectivity index (χ1v) is 10.5. The highest BCUT2D eigenvalue weighted by Crippen LogP contribution is 2.51. The number of ketones is 1. The van der Waals surface area contributed by atoms with Crippen LogP contribution in [-0.2, 0) is 4.79 Å². The Balaban J connectivity index is 3.48. The molecule has 0 N–H and O–H groups in total. The summed E-state index contributed by atoms with van der Waals surface area (Å²) < 4.78 is 0. The minimum absolute atomic E-state index is 0.0722. The molecule has 0 radical (unpaired) electrons. The molecule has 0 amide bonds. The standard InChI is InChI=1S/C23H45NO/c1-11-21(7)14-19(18(4)25)22(8,12-2)16-23(9,13-3)24(10)17-20(5,6)15-21/h19H,11-17H2,1-10H3/t19?,21-,22-,23+/m1/s1. The Bertz CT molecular complexity index is 471. The van der Waals surface area contributed by atoms with E-state index in [0.29, 0.717) is 5.78 Å². The molecule has 1 aliphatic heterocycles. The number of carbonyl (C=O) groups excluding carboxylic acids is 1. The van der Waals surface area contributed by atoms with Gasteiger partial charge in [0, 0.05) is 18.0 Å². The van der Waals surface area contributed by atoms with Gasteiger partial charge in [0.2, 0.25) is 0 Å². The molecule has 0 saturated carbocycles. The van der Waals surface area contributed by atoms with Gasteiger partial charge in [-0.05, 0) is 69.2 Å². The Morgan fingerprint density at radius 1 is 0.960 bits per heavy atom. The van der Waals surface area contributed by atoms with Crippen molar-refractivity contribution in [3.8, 4) is 0 Å². The van der Waals surface area contributed by atoms with E-state index in [9.17, 15) is 4.79 Å². The van der Waals surface area contributed by atoms with Crippen molar-refractivity contribution in [3.63, 3.8) is 0 Å². The fourth-order valence-corrected chi connectivity index (χ4v) is 5.65. The Labute approximate surface area is 158 Å². The Hall–Kier alpha value is -0.370. The minimum Gasteiger partial charge on any atom is -0.300 e. The van der Waals surface area contributed by atoms with Crippen LogP contribution in [0.2, 0.25) is 0 Å². The molecule has 0 bridgehead atoms. The van der Waals surface area contributed by atoms with E-state index >= 15 is 0 Å². The van der Waals surface area contributed by atoms with Gasteiger partial charge in [0.15, 0.2) is 0 Å². The molecule has 0 spiro atoms. The lowest BCUT2D eigenvalue weighted by molar-refractivity contribution is -0.129. The van der Waals surface area contributed by atoms with E-state index < -0.39 is 0 Å². The zero-order valence-electron chi connectivity index (χ0n) is 18.9. The number of hydrogen-bond acceptors (Lipinski definition) is 2. The third-order valence-corrected chi connectivity index (χ3v) is 7.73. The van der Waals surface area contributed by atoms with E-state index in [-0.39, 0.29) is 27.7 Å². The van der Waals surface area contributed by atoms with Crippen LogP contribution < -0.4 is 0 Å². The van der Waals surface area contributed by atoms with E-state index in [2.05, 4.69) is 67.3 Å². The van der Waals surface area contributed by atoms with Crippen molar-refractivity contribution in [2.45, 2.75) is 106 Å². The molecule has 0 aliphatic carbocycles. The van der Waals surface area contributed by atoms with Crippen LogP contribution in [0.1, 0.15) is 101 Å². The van der Waals surface area contributed by atoms with Crippen LogP contribution in [0.15, 0.2) is 0 Å². The van der Waals surface area contributed by atoms with Gasteiger partial charge in [-0.2, -0.15) is 0 Å². The molecule has 1 unspecified atom stereocenters. The number of Topliss-reactive ketones (excluding diaryl/α,β-unsaturated/α-hetero) is 1. The molecule has 148 valence electrons. The molecule has 4 atom stereocenters. The Kier molecular flexibility index (Phi) is 6.99. The van der Waals surface area contributed by atoms with Crippen LogP contribution in [0.4, 0.5) is 0 Å². The largest absolute Gasteiger partial charge is 0.300 e. The van der Waals surface area contributed by atoms with E-state index in [0.717, 1.165) is 38.6 Å². The smallest absolute Gasteiger partial charge is 0.133 e. The highest BCUT2D eigenvalue weighted by Gasteiger charge is 2.47. The predicted molar refractivity (Wildman–Crippen MR) is 110 cm³/mol. The average Bonchev–Trinajstić information content (AvgIpc) is 2.50. The summed E-state index contributed by atoms with van der Waals surface area (Å²) in [7, 11) is 2.30. The van der Waals surface area contributed by atoms with Crippen LogP contribution in [0.25, 0.3) is 0 Å². The molecule has 1 rings (SSSR count). The molecule has 2 heteroatoms. The fraction of sp³-hybridized carbons (Fsp3) is 0.957.